The maximum atomic E-state index is 12.9. The van der Waals surface area contributed by atoms with Crippen LogP contribution >= 0.6 is 0 Å². The predicted molar refractivity (Wildman–Crippen MR) is 115 cm³/mol. The van der Waals surface area contributed by atoms with Gasteiger partial charge in [-0.3, -0.25) is 33.7 Å². The second kappa shape index (κ2) is 10.5. The number of esters is 1. The second-order valence-electron chi connectivity index (χ2n) is 8.56. The van der Waals surface area contributed by atoms with E-state index in [0.29, 0.717) is 42.9 Å². The molecule has 0 N–H and O–H groups in total. The monoisotopic (exact) mass is 484 g/mol. The minimum atomic E-state index is -1.44. The third kappa shape index (κ3) is 5.73. The molecule has 1 saturated carbocycles. The van der Waals surface area contributed by atoms with E-state index in [1.807, 2.05) is 0 Å². The Labute approximate surface area is 200 Å². The van der Waals surface area contributed by atoms with Gasteiger partial charge in [0, 0.05) is 37.1 Å². The van der Waals surface area contributed by atoms with Crippen molar-refractivity contribution >= 4 is 35.8 Å². The van der Waals surface area contributed by atoms with Crippen LogP contribution in [0.25, 0.3) is 0 Å². The number of benzene rings is 1. The second-order valence-corrected chi connectivity index (χ2v) is 8.56. The number of imide groups is 2. The largest absolute Gasteiger partial charge is 0.537 e. The number of carbonyl (C=O) groups is 6. The third-order valence-corrected chi connectivity index (χ3v) is 6.19. The molecule has 1 aromatic rings. The van der Waals surface area contributed by atoms with Gasteiger partial charge in [0.2, 0.25) is 0 Å². The zero-order chi connectivity index (χ0) is 24.9. The number of hydroxylamine groups is 2. The lowest BCUT2D eigenvalue weighted by Gasteiger charge is -2.30. The number of nitrogens with zero attached hydrogens (tertiary/aromatic N) is 2. The van der Waals surface area contributed by atoms with Crippen LogP contribution in [0.4, 0.5) is 4.79 Å². The third-order valence-electron chi connectivity index (χ3n) is 6.19. The highest BCUT2D eigenvalue weighted by atomic mass is 16.9. The van der Waals surface area contributed by atoms with Gasteiger partial charge in [-0.1, -0.05) is 35.4 Å². The topological polar surface area (TPSA) is 137 Å². The molecular weight excluding hydrogens is 460 g/mol. The molecule has 0 aromatic heterocycles. The van der Waals surface area contributed by atoms with Gasteiger partial charge < -0.3 is 9.47 Å². The molecule has 184 valence electrons. The fourth-order valence-corrected chi connectivity index (χ4v) is 4.26. The molecule has 2 fully saturated rings. The molecule has 11 heteroatoms. The summed E-state index contributed by atoms with van der Waals surface area (Å²) in [6.07, 6.45) is 1.77. The van der Waals surface area contributed by atoms with E-state index in [4.69, 9.17) is 14.3 Å². The van der Waals surface area contributed by atoms with Gasteiger partial charge in [-0.2, -0.15) is 0 Å². The Balaban J connectivity index is 1.33. The van der Waals surface area contributed by atoms with Crippen LogP contribution in [0.2, 0.25) is 0 Å². The molecule has 2 heterocycles. The van der Waals surface area contributed by atoms with Crippen molar-refractivity contribution in [2.75, 3.05) is 6.54 Å². The molecule has 1 aliphatic carbocycles. The van der Waals surface area contributed by atoms with Crippen LogP contribution in [0.15, 0.2) is 42.5 Å². The molecule has 4 amide bonds. The van der Waals surface area contributed by atoms with E-state index in [9.17, 15) is 28.8 Å². The molecule has 1 aromatic carbocycles. The summed E-state index contributed by atoms with van der Waals surface area (Å²) in [5.74, 6) is -2.93. The fraction of sp³-hybridized carbons (Fsp3) is 0.417. The quantitative estimate of drug-likeness (QED) is 0.324. The van der Waals surface area contributed by atoms with Gasteiger partial charge in [-0.05, 0) is 31.6 Å². The van der Waals surface area contributed by atoms with Crippen LogP contribution in [0.1, 0.15) is 50.4 Å². The number of rotatable bonds is 7. The predicted octanol–water partition coefficient (Wildman–Crippen LogP) is 2.18. The van der Waals surface area contributed by atoms with Crippen LogP contribution in [-0.4, -0.2) is 52.3 Å². The number of carbonyl (C=O) groups excluding carboxylic acids is 6. The summed E-state index contributed by atoms with van der Waals surface area (Å²) in [4.78, 5) is 77.9. The van der Waals surface area contributed by atoms with E-state index in [2.05, 4.69) is 0 Å². The van der Waals surface area contributed by atoms with E-state index >= 15 is 0 Å². The van der Waals surface area contributed by atoms with E-state index in [1.165, 1.54) is 17.1 Å². The molecular formula is C24H24N2O9. The van der Waals surface area contributed by atoms with Crippen molar-refractivity contribution in [2.45, 2.75) is 44.8 Å². The van der Waals surface area contributed by atoms with Crippen molar-refractivity contribution in [1.82, 2.24) is 9.96 Å². The van der Waals surface area contributed by atoms with E-state index in [1.54, 1.807) is 30.3 Å². The summed E-state index contributed by atoms with van der Waals surface area (Å²) in [7, 11) is 0. The van der Waals surface area contributed by atoms with Crippen molar-refractivity contribution in [1.29, 1.82) is 0 Å². The Hall–Kier alpha value is -4.02. The molecule has 0 spiro atoms. The van der Waals surface area contributed by atoms with Crippen LogP contribution in [0, 0.1) is 11.8 Å². The smallest absolute Gasteiger partial charge is 0.420 e. The summed E-state index contributed by atoms with van der Waals surface area (Å²) in [6.45, 7) is 0.308. The van der Waals surface area contributed by atoms with Crippen LogP contribution in [-0.2, 0) is 38.3 Å². The highest BCUT2D eigenvalue weighted by Crippen LogP contribution is 2.32. The Morgan fingerprint density at radius 1 is 0.857 bits per heavy atom. The molecule has 1 atom stereocenters. The van der Waals surface area contributed by atoms with Gasteiger partial charge in [0.05, 0.1) is 5.92 Å². The minimum Gasteiger partial charge on any atom is -0.420 e. The zero-order valence-corrected chi connectivity index (χ0v) is 18.8. The van der Waals surface area contributed by atoms with Crippen molar-refractivity contribution in [3.8, 4) is 0 Å². The summed E-state index contributed by atoms with van der Waals surface area (Å²) in [5, 5.41) is 0.346. The molecule has 11 nitrogen and oxygen atoms in total. The maximum Gasteiger partial charge on any atom is 0.537 e. The average molecular weight is 484 g/mol. The zero-order valence-electron chi connectivity index (χ0n) is 18.8. The van der Waals surface area contributed by atoms with Crippen LogP contribution in [0.5, 0.6) is 0 Å². The van der Waals surface area contributed by atoms with Gasteiger partial charge >= 0.3 is 12.1 Å². The molecule has 35 heavy (non-hydrogen) atoms. The van der Waals surface area contributed by atoms with Gasteiger partial charge in [0.25, 0.3) is 29.9 Å². The highest BCUT2D eigenvalue weighted by molar-refractivity contribution is 6.12. The molecule has 3 aliphatic rings. The Bertz CT molecular complexity index is 1030. The summed E-state index contributed by atoms with van der Waals surface area (Å²) >= 11 is 0. The standard InChI is InChI=1S/C24H24N2O9/c27-18-10-11-19(28)25(18)14-15-6-8-16(9-7-15)22(31)33-23(17-4-2-1-3-5-17)34-24(32)35-26-20(29)12-13-21(26)30/h1-5,10-11,15-16,23H,6-9,12-14H2. The lowest BCUT2D eigenvalue weighted by atomic mass is 9.82. The number of ether oxygens (including phenoxy) is 2. The van der Waals surface area contributed by atoms with Crippen LogP contribution in [0.3, 0.4) is 0 Å². The van der Waals surface area contributed by atoms with Crippen molar-refractivity contribution in [3.63, 3.8) is 0 Å². The average Bonchev–Trinajstić information content (AvgIpc) is 3.35. The Kier molecular flexibility index (Phi) is 7.23. The van der Waals surface area contributed by atoms with Crippen LogP contribution < -0.4 is 0 Å². The first-order valence-electron chi connectivity index (χ1n) is 11.3. The molecule has 0 bridgehead atoms. The molecule has 1 unspecified atom stereocenters. The molecule has 0 radical (unpaired) electrons. The Morgan fingerprint density at radius 2 is 1.46 bits per heavy atom. The lowest BCUT2D eigenvalue weighted by molar-refractivity contribution is -0.197. The highest BCUT2D eigenvalue weighted by Gasteiger charge is 2.36. The summed E-state index contributed by atoms with van der Waals surface area (Å²) in [5.41, 5.74) is 0.365. The first-order chi connectivity index (χ1) is 16.8. The number of hydrogen-bond acceptors (Lipinski definition) is 9. The van der Waals surface area contributed by atoms with Gasteiger partial charge in [-0.15, -0.1) is 0 Å². The van der Waals surface area contributed by atoms with Crippen molar-refractivity contribution < 1.29 is 43.1 Å². The van der Waals surface area contributed by atoms with E-state index in [-0.39, 0.29) is 30.6 Å². The lowest BCUT2D eigenvalue weighted by Crippen LogP contribution is -2.37. The number of amides is 4. The molecule has 4 rings (SSSR count). The van der Waals surface area contributed by atoms with Crippen molar-refractivity contribution in [2.24, 2.45) is 11.8 Å². The van der Waals surface area contributed by atoms with Gasteiger partial charge in [0.15, 0.2) is 0 Å². The van der Waals surface area contributed by atoms with Crippen molar-refractivity contribution in [3.05, 3.63) is 48.0 Å². The van der Waals surface area contributed by atoms with Gasteiger partial charge in [0.1, 0.15) is 0 Å². The van der Waals surface area contributed by atoms with E-state index < -0.39 is 36.1 Å². The normalized spacial score (nSPS) is 23.0. The number of hydrogen-bond donors (Lipinski definition) is 0. The minimum absolute atomic E-state index is 0.0670. The first kappa shape index (κ1) is 24.1. The summed E-state index contributed by atoms with van der Waals surface area (Å²) < 4.78 is 10.6. The Morgan fingerprint density at radius 3 is 2.06 bits per heavy atom. The van der Waals surface area contributed by atoms with E-state index in [0.717, 1.165) is 0 Å². The van der Waals surface area contributed by atoms with Gasteiger partial charge in [-0.25, -0.2) is 4.79 Å². The first-order valence-corrected chi connectivity index (χ1v) is 11.3. The molecule has 2 aliphatic heterocycles. The SMILES string of the molecule is O=C(OC(OC(=O)C1CCC(CN2C(=O)C=CC2=O)CC1)c1ccccc1)ON1C(=O)CCC1=O. The maximum absolute atomic E-state index is 12.9. The molecule has 1 saturated heterocycles. The fourth-order valence-electron chi connectivity index (χ4n) is 4.26. The summed E-state index contributed by atoms with van der Waals surface area (Å²) in [6, 6.07) is 8.24.